The Hall–Kier alpha value is 0.0200. The predicted molar refractivity (Wildman–Crippen MR) is 46.6 cm³/mol. The fourth-order valence-corrected chi connectivity index (χ4v) is 1.20. The SMILES string of the molecule is CCSCCC(C)=NC. The lowest BCUT2D eigenvalue weighted by atomic mass is 10.3. The highest BCUT2D eigenvalue weighted by molar-refractivity contribution is 7.99. The van der Waals surface area contributed by atoms with Crippen molar-refractivity contribution in [2.75, 3.05) is 18.6 Å². The van der Waals surface area contributed by atoms with E-state index in [4.69, 9.17) is 0 Å². The molecule has 0 N–H and O–H groups in total. The quantitative estimate of drug-likeness (QED) is 0.436. The zero-order chi connectivity index (χ0) is 7.11. The van der Waals surface area contributed by atoms with E-state index in [-0.39, 0.29) is 0 Å². The zero-order valence-corrected chi connectivity index (χ0v) is 7.29. The van der Waals surface area contributed by atoms with Crippen LogP contribution in [0.3, 0.4) is 0 Å². The molecule has 0 aromatic rings. The molecule has 0 heterocycles. The van der Waals surface area contributed by atoms with Gasteiger partial charge in [-0.15, -0.1) is 0 Å². The molecule has 0 bridgehead atoms. The fraction of sp³-hybridized carbons (Fsp3) is 0.857. The molecule has 0 unspecified atom stereocenters. The van der Waals surface area contributed by atoms with Gasteiger partial charge in [0, 0.05) is 12.8 Å². The monoisotopic (exact) mass is 145 g/mol. The first-order chi connectivity index (χ1) is 4.31. The molecule has 0 fully saturated rings. The number of aliphatic imine (C=N–C) groups is 1. The van der Waals surface area contributed by atoms with Gasteiger partial charge in [0.1, 0.15) is 0 Å². The van der Waals surface area contributed by atoms with E-state index in [0.717, 1.165) is 6.42 Å². The molecule has 1 nitrogen and oxygen atoms in total. The number of hydrogen-bond acceptors (Lipinski definition) is 2. The number of nitrogens with zero attached hydrogens (tertiary/aromatic N) is 1. The molecule has 0 radical (unpaired) electrons. The topological polar surface area (TPSA) is 12.4 Å². The molecule has 0 saturated carbocycles. The molecule has 9 heavy (non-hydrogen) atoms. The lowest BCUT2D eigenvalue weighted by Crippen LogP contribution is -1.92. The van der Waals surface area contributed by atoms with E-state index in [2.05, 4.69) is 18.8 Å². The van der Waals surface area contributed by atoms with Crippen molar-refractivity contribution in [1.82, 2.24) is 0 Å². The first kappa shape index (κ1) is 9.02. The van der Waals surface area contributed by atoms with Crippen LogP contribution in [0.25, 0.3) is 0 Å². The van der Waals surface area contributed by atoms with Crippen LogP contribution in [0.15, 0.2) is 4.99 Å². The summed E-state index contributed by atoms with van der Waals surface area (Å²) < 4.78 is 0. The van der Waals surface area contributed by atoms with E-state index in [9.17, 15) is 0 Å². The standard InChI is InChI=1S/C7H15NS/c1-4-9-6-5-7(2)8-3/h4-6H2,1-3H3. The van der Waals surface area contributed by atoms with Gasteiger partial charge in [0.25, 0.3) is 0 Å². The van der Waals surface area contributed by atoms with E-state index in [1.54, 1.807) is 0 Å². The van der Waals surface area contributed by atoms with Gasteiger partial charge >= 0.3 is 0 Å². The summed E-state index contributed by atoms with van der Waals surface area (Å²) in [7, 11) is 1.85. The van der Waals surface area contributed by atoms with Crippen molar-refractivity contribution in [1.29, 1.82) is 0 Å². The summed E-state index contributed by atoms with van der Waals surface area (Å²) in [5, 5.41) is 0. The Morgan fingerprint density at radius 2 is 2.22 bits per heavy atom. The molecule has 0 saturated heterocycles. The van der Waals surface area contributed by atoms with Crippen LogP contribution in [0.4, 0.5) is 0 Å². The van der Waals surface area contributed by atoms with Gasteiger partial charge in [0.15, 0.2) is 0 Å². The predicted octanol–water partition coefficient (Wildman–Crippen LogP) is 2.22. The van der Waals surface area contributed by atoms with Crippen LogP contribution in [-0.4, -0.2) is 24.3 Å². The number of rotatable bonds is 4. The van der Waals surface area contributed by atoms with E-state index >= 15 is 0 Å². The van der Waals surface area contributed by atoms with Crippen LogP contribution in [0, 0.1) is 0 Å². The molecule has 0 spiro atoms. The first-order valence-corrected chi connectivity index (χ1v) is 4.46. The van der Waals surface area contributed by atoms with Crippen molar-refractivity contribution in [3.63, 3.8) is 0 Å². The summed E-state index contributed by atoms with van der Waals surface area (Å²) in [6, 6.07) is 0. The van der Waals surface area contributed by atoms with Gasteiger partial charge < -0.3 is 0 Å². The third-order valence-corrected chi connectivity index (χ3v) is 2.10. The molecule has 2 heteroatoms. The smallest absolute Gasteiger partial charge is 0.0276 e. The molecule has 0 aliphatic carbocycles. The summed E-state index contributed by atoms with van der Waals surface area (Å²) >= 11 is 1.97. The van der Waals surface area contributed by atoms with E-state index in [1.165, 1.54) is 17.2 Å². The minimum Gasteiger partial charge on any atom is -0.298 e. The van der Waals surface area contributed by atoms with E-state index in [1.807, 2.05) is 18.8 Å². The van der Waals surface area contributed by atoms with E-state index in [0.29, 0.717) is 0 Å². The van der Waals surface area contributed by atoms with Crippen molar-refractivity contribution < 1.29 is 0 Å². The van der Waals surface area contributed by atoms with Gasteiger partial charge in [-0.05, 0) is 24.9 Å². The maximum absolute atomic E-state index is 4.06. The van der Waals surface area contributed by atoms with Crippen LogP contribution in [0.2, 0.25) is 0 Å². The molecule has 0 aliphatic heterocycles. The van der Waals surface area contributed by atoms with Crippen LogP contribution in [0.5, 0.6) is 0 Å². The van der Waals surface area contributed by atoms with Gasteiger partial charge in [-0.3, -0.25) is 4.99 Å². The van der Waals surface area contributed by atoms with Crippen LogP contribution in [0.1, 0.15) is 20.3 Å². The van der Waals surface area contributed by atoms with Gasteiger partial charge in [-0.2, -0.15) is 11.8 Å². The zero-order valence-electron chi connectivity index (χ0n) is 6.48. The minimum absolute atomic E-state index is 1.15. The largest absolute Gasteiger partial charge is 0.298 e. The molecule has 0 rings (SSSR count). The Morgan fingerprint density at radius 3 is 2.67 bits per heavy atom. The maximum atomic E-state index is 4.06. The Balaban J connectivity index is 3.07. The Labute approximate surface area is 61.9 Å². The second-order valence-electron chi connectivity index (χ2n) is 1.91. The molecular weight excluding hydrogens is 130 g/mol. The van der Waals surface area contributed by atoms with Gasteiger partial charge in [-0.1, -0.05) is 6.92 Å². The highest BCUT2D eigenvalue weighted by Gasteiger charge is 1.88. The Morgan fingerprint density at radius 1 is 1.56 bits per heavy atom. The average molecular weight is 145 g/mol. The molecule has 54 valence electrons. The van der Waals surface area contributed by atoms with Crippen molar-refractivity contribution in [2.45, 2.75) is 20.3 Å². The summed E-state index contributed by atoms with van der Waals surface area (Å²) in [5.74, 6) is 2.44. The van der Waals surface area contributed by atoms with Gasteiger partial charge in [0.05, 0.1) is 0 Å². The molecule has 0 aliphatic rings. The number of thioether (sulfide) groups is 1. The molecule has 0 amide bonds. The van der Waals surface area contributed by atoms with Crippen molar-refractivity contribution >= 4 is 17.5 Å². The van der Waals surface area contributed by atoms with Crippen LogP contribution in [-0.2, 0) is 0 Å². The van der Waals surface area contributed by atoms with Crippen molar-refractivity contribution in [3.05, 3.63) is 0 Å². The Bertz CT molecular complexity index is 88.9. The lowest BCUT2D eigenvalue weighted by molar-refractivity contribution is 1.24. The molecule has 0 aromatic heterocycles. The third kappa shape index (κ3) is 5.90. The first-order valence-electron chi connectivity index (χ1n) is 3.31. The van der Waals surface area contributed by atoms with Crippen LogP contribution < -0.4 is 0 Å². The van der Waals surface area contributed by atoms with Gasteiger partial charge in [-0.25, -0.2) is 0 Å². The third-order valence-electron chi connectivity index (χ3n) is 1.19. The van der Waals surface area contributed by atoms with Crippen LogP contribution >= 0.6 is 11.8 Å². The normalized spacial score (nSPS) is 12.1. The average Bonchev–Trinajstić information content (AvgIpc) is 1.89. The van der Waals surface area contributed by atoms with Crippen molar-refractivity contribution in [2.24, 2.45) is 4.99 Å². The lowest BCUT2D eigenvalue weighted by Gasteiger charge is -1.96. The Kier molecular flexibility index (Phi) is 6.16. The molecule has 0 atom stereocenters. The van der Waals surface area contributed by atoms with Crippen molar-refractivity contribution in [3.8, 4) is 0 Å². The van der Waals surface area contributed by atoms with E-state index < -0.39 is 0 Å². The molecule has 0 aromatic carbocycles. The number of hydrogen-bond donors (Lipinski definition) is 0. The highest BCUT2D eigenvalue weighted by Crippen LogP contribution is 2.01. The minimum atomic E-state index is 1.15. The maximum Gasteiger partial charge on any atom is 0.0276 e. The highest BCUT2D eigenvalue weighted by atomic mass is 32.2. The molecular formula is C7H15NS. The summed E-state index contributed by atoms with van der Waals surface area (Å²) in [5.41, 5.74) is 1.26. The summed E-state index contributed by atoms with van der Waals surface area (Å²) in [6.45, 7) is 4.26. The second kappa shape index (κ2) is 6.14. The second-order valence-corrected chi connectivity index (χ2v) is 3.30. The summed E-state index contributed by atoms with van der Waals surface area (Å²) in [6.07, 6.45) is 1.15. The summed E-state index contributed by atoms with van der Waals surface area (Å²) in [4.78, 5) is 4.06. The van der Waals surface area contributed by atoms with Gasteiger partial charge in [0.2, 0.25) is 0 Å². The fourth-order valence-electron chi connectivity index (χ4n) is 0.476.